The third-order valence-corrected chi connectivity index (χ3v) is 2.55. The predicted molar refractivity (Wildman–Crippen MR) is 67.7 cm³/mol. The number of nitrogens with two attached hydrogens (primary N) is 1. The molecule has 0 aliphatic carbocycles. The van der Waals surface area contributed by atoms with E-state index in [1.54, 1.807) is 0 Å². The zero-order chi connectivity index (χ0) is 14.0. The highest BCUT2D eigenvalue weighted by Crippen LogP contribution is 2.11. The van der Waals surface area contributed by atoms with Gasteiger partial charge in [-0.15, -0.1) is 0 Å². The van der Waals surface area contributed by atoms with Gasteiger partial charge in [-0.2, -0.15) is 0 Å². The van der Waals surface area contributed by atoms with Crippen molar-refractivity contribution in [3.63, 3.8) is 0 Å². The lowest BCUT2D eigenvalue weighted by molar-refractivity contribution is 0.0598. The van der Waals surface area contributed by atoms with Crippen LogP contribution in [0.3, 0.4) is 0 Å². The largest absolute Gasteiger partial charge is 0.465 e. The summed E-state index contributed by atoms with van der Waals surface area (Å²) >= 11 is 0. The van der Waals surface area contributed by atoms with Gasteiger partial charge in [0, 0.05) is 17.6 Å². The van der Waals surface area contributed by atoms with Crippen molar-refractivity contribution in [3.05, 3.63) is 58.3 Å². The van der Waals surface area contributed by atoms with Gasteiger partial charge < -0.3 is 10.5 Å². The van der Waals surface area contributed by atoms with Gasteiger partial charge >= 0.3 is 5.97 Å². The Labute approximate surface area is 108 Å². The normalized spacial score (nSPS) is 10.2. The maximum atomic E-state index is 12.9. The molecule has 0 fully saturated rings. The first kappa shape index (κ1) is 12.8. The Hall–Kier alpha value is -2.63. The maximum Gasteiger partial charge on any atom is 0.343 e. The SMILES string of the molecule is COC(=O)c1cc(N)cn(-c2ccc(F)cc2)c1=O. The van der Waals surface area contributed by atoms with Crippen molar-refractivity contribution in [3.8, 4) is 5.69 Å². The molecule has 0 aliphatic rings. The lowest BCUT2D eigenvalue weighted by Crippen LogP contribution is -2.26. The fourth-order valence-corrected chi connectivity index (χ4v) is 1.65. The zero-order valence-electron chi connectivity index (χ0n) is 10.1. The quantitative estimate of drug-likeness (QED) is 0.829. The van der Waals surface area contributed by atoms with E-state index < -0.39 is 17.3 Å². The molecule has 5 nitrogen and oxygen atoms in total. The fraction of sp³-hybridized carbons (Fsp3) is 0.0769. The van der Waals surface area contributed by atoms with Gasteiger partial charge in [0.05, 0.1) is 7.11 Å². The Morgan fingerprint density at radius 3 is 2.53 bits per heavy atom. The van der Waals surface area contributed by atoms with Crippen LogP contribution >= 0.6 is 0 Å². The molecule has 0 aliphatic heterocycles. The highest BCUT2D eigenvalue weighted by molar-refractivity contribution is 5.89. The molecule has 2 rings (SSSR count). The number of nitrogens with zero attached hydrogens (tertiary/aromatic N) is 1. The highest BCUT2D eigenvalue weighted by Gasteiger charge is 2.14. The first-order valence-corrected chi connectivity index (χ1v) is 5.39. The van der Waals surface area contributed by atoms with Crippen molar-refractivity contribution in [2.45, 2.75) is 0 Å². The van der Waals surface area contributed by atoms with Crippen molar-refractivity contribution in [2.24, 2.45) is 0 Å². The van der Waals surface area contributed by atoms with Crippen molar-refractivity contribution >= 4 is 11.7 Å². The Bertz CT molecular complexity index is 677. The van der Waals surface area contributed by atoms with Crippen LogP contribution in [0.15, 0.2) is 41.3 Å². The third-order valence-electron chi connectivity index (χ3n) is 2.55. The second-order valence-corrected chi connectivity index (χ2v) is 3.83. The van der Waals surface area contributed by atoms with Crippen LogP contribution in [0.2, 0.25) is 0 Å². The van der Waals surface area contributed by atoms with Gasteiger partial charge in [-0.25, -0.2) is 9.18 Å². The minimum Gasteiger partial charge on any atom is -0.465 e. The predicted octanol–water partition coefficient (Wildman–Crippen LogP) is 1.35. The second-order valence-electron chi connectivity index (χ2n) is 3.83. The lowest BCUT2D eigenvalue weighted by atomic mass is 10.2. The number of pyridine rings is 1. The third kappa shape index (κ3) is 2.47. The number of hydrogen-bond acceptors (Lipinski definition) is 4. The van der Waals surface area contributed by atoms with E-state index in [-0.39, 0.29) is 11.3 Å². The van der Waals surface area contributed by atoms with Crippen LogP contribution in [0.4, 0.5) is 10.1 Å². The van der Waals surface area contributed by atoms with E-state index in [4.69, 9.17) is 5.73 Å². The second kappa shape index (κ2) is 4.93. The van der Waals surface area contributed by atoms with Crippen LogP contribution in [0, 0.1) is 5.82 Å². The molecule has 1 heterocycles. The van der Waals surface area contributed by atoms with Gasteiger partial charge in [-0.3, -0.25) is 9.36 Å². The van der Waals surface area contributed by atoms with Crippen molar-refractivity contribution in [2.75, 3.05) is 12.8 Å². The standard InChI is InChI=1S/C13H11FN2O3/c1-19-13(18)11-6-9(15)7-16(12(11)17)10-4-2-8(14)3-5-10/h2-7H,15H2,1H3. The van der Waals surface area contributed by atoms with E-state index in [0.717, 1.165) is 0 Å². The van der Waals surface area contributed by atoms with Gasteiger partial charge in [0.1, 0.15) is 11.4 Å². The maximum absolute atomic E-state index is 12.9. The molecule has 0 radical (unpaired) electrons. The van der Waals surface area contributed by atoms with Crippen LogP contribution < -0.4 is 11.3 Å². The van der Waals surface area contributed by atoms with Crippen molar-refractivity contribution < 1.29 is 13.9 Å². The van der Waals surface area contributed by atoms with Gasteiger partial charge in [-0.1, -0.05) is 0 Å². The molecular formula is C13H11FN2O3. The Morgan fingerprint density at radius 2 is 1.95 bits per heavy atom. The number of aromatic nitrogens is 1. The Kier molecular flexibility index (Phi) is 3.33. The Morgan fingerprint density at radius 1 is 1.32 bits per heavy atom. The van der Waals surface area contributed by atoms with Crippen LogP contribution in [-0.2, 0) is 4.74 Å². The lowest BCUT2D eigenvalue weighted by Gasteiger charge is -2.09. The number of benzene rings is 1. The van der Waals surface area contributed by atoms with Gasteiger partial charge in [-0.05, 0) is 30.3 Å². The summed E-state index contributed by atoms with van der Waals surface area (Å²) < 4.78 is 18.5. The molecule has 0 spiro atoms. The van der Waals surface area contributed by atoms with E-state index >= 15 is 0 Å². The van der Waals surface area contributed by atoms with Gasteiger partial charge in [0.2, 0.25) is 0 Å². The number of esters is 1. The fourth-order valence-electron chi connectivity index (χ4n) is 1.65. The first-order valence-electron chi connectivity index (χ1n) is 5.39. The average Bonchev–Trinajstić information content (AvgIpc) is 2.41. The molecule has 19 heavy (non-hydrogen) atoms. The number of rotatable bonds is 2. The van der Waals surface area contributed by atoms with E-state index in [9.17, 15) is 14.0 Å². The minimum atomic E-state index is -0.770. The minimum absolute atomic E-state index is 0.174. The van der Waals surface area contributed by atoms with E-state index in [1.165, 1.54) is 48.2 Å². The highest BCUT2D eigenvalue weighted by atomic mass is 19.1. The number of carbonyl (C=O) groups is 1. The number of ether oxygens (including phenoxy) is 1. The summed E-state index contributed by atoms with van der Waals surface area (Å²) in [6, 6.07) is 6.49. The van der Waals surface area contributed by atoms with Gasteiger partial charge in [0.25, 0.3) is 5.56 Å². The smallest absolute Gasteiger partial charge is 0.343 e. The number of halogens is 1. The number of carbonyl (C=O) groups excluding carboxylic acids is 1. The van der Waals surface area contributed by atoms with E-state index in [2.05, 4.69) is 4.74 Å². The van der Waals surface area contributed by atoms with Crippen LogP contribution in [0.25, 0.3) is 5.69 Å². The van der Waals surface area contributed by atoms with Gasteiger partial charge in [0.15, 0.2) is 0 Å². The van der Waals surface area contributed by atoms with Crippen molar-refractivity contribution in [1.82, 2.24) is 4.57 Å². The molecule has 0 bridgehead atoms. The summed E-state index contributed by atoms with van der Waals surface area (Å²) in [5, 5.41) is 0. The molecule has 0 saturated carbocycles. The molecule has 2 aromatic rings. The molecule has 2 N–H and O–H groups in total. The first-order chi connectivity index (χ1) is 9.02. The molecule has 0 saturated heterocycles. The average molecular weight is 262 g/mol. The topological polar surface area (TPSA) is 74.3 Å². The summed E-state index contributed by atoms with van der Waals surface area (Å²) in [7, 11) is 1.17. The summed E-state index contributed by atoms with van der Waals surface area (Å²) in [5.41, 5.74) is 5.53. The molecular weight excluding hydrogens is 251 g/mol. The summed E-state index contributed by atoms with van der Waals surface area (Å²) in [6.45, 7) is 0. The van der Waals surface area contributed by atoms with E-state index in [1.807, 2.05) is 0 Å². The number of anilines is 1. The summed E-state index contributed by atoms with van der Waals surface area (Å²) in [6.07, 6.45) is 1.36. The van der Waals surface area contributed by atoms with E-state index in [0.29, 0.717) is 5.69 Å². The number of methoxy groups -OCH3 is 1. The van der Waals surface area contributed by atoms with Crippen LogP contribution in [-0.4, -0.2) is 17.6 Å². The Balaban J connectivity index is 2.64. The number of hydrogen-bond donors (Lipinski definition) is 1. The summed E-state index contributed by atoms with van der Waals surface area (Å²) in [4.78, 5) is 23.6. The molecule has 1 aromatic heterocycles. The van der Waals surface area contributed by atoms with Crippen molar-refractivity contribution in [1.29, 1.82) is 0 Å². The molecule has 0 amide bonds. The zero-order valence-corrected chi connectivity index (χ0v) is 10.1. The molecule has 98 valence electrons. The summed E-state index contributed by atoms with van der Waals surface area (Å²) in [5.74, 6) is -1.19. The molecule has 6 heteroatoms. The van der Waals surface area contributed by atoms with Crippen LogP contribution in [0.5, 0.6) is 0 Å². The monoisotopic (exact) mass is 262 g/mol. The molecule has 0 atom stereocenters. The van der Waals surface area contributed by atoms with Crippen LogP contribution in [0.1, 0.15) is 10.4 Å². The molecule has 0 unspecified atom stereocenters. The number of nitrogen functional groups attached to an aromatic ring is 1. The molecule has 1 aromatic carbocycles.